The van der Waals surface area contributed by atoms with Crippen molar-refractivity contribution in [2.45, 2.75) is 39.0 Å². The molecule has 0 N–H and O–H groups in total. The van der Waals surface area contributed by atoms with Crippen LogP contribution < -0.4 is 0 Å². The van der Waals surface area contributed by atoms with Crippen LogP contribution in [0.1, 0.15) is 48.0 Å². The fourth-order valence-electron chi connectivity index (χ4n) is 2.22. The summed E-state index contributed by atoms with van der Waals surface area (Å²) in [5.41, 5.74) is 3.30. The molecule has 0 saturated heterocycles. The van der Waals surface area contributed by atoms with Gasteiger partial charge in [0, 0.05) is 5.56 Å². The number of hydrogen-bond donors (Lipinski definition) is 0. The number of allylic oxidation sites excluding steroid dienone is 2. The summed E-state index contributed by atoms with van der Waals surface area (Å²) >= 11 is 0. The van der Waals surface area contributed by atoms with E-state index >= 15 is 0 Å². The third kappa shape index (κ3) is 2.82. The molecule has 0 radical (unpaired) electrons. The van der Waals surface area contributed by atoms with Gasteiger partial charge in [-0.05, 0) is 44.7 Å². The van der Waals surface area contributed by atoms with Crippen molar-refractivity contribution in [3.63, 3.8) is 0 Å². The molecular weight excluding hydrogens is 196 g/mol. The van der Waals surface area contributed by atoms with Gasteiger partial charge >= 0.3 is 0 Å². The molecular formula is C15H18O. The van der Waals surface area contributed by atoms with Crippen LogP contribution in [0.5, 0.6) is 0 Å². The molecule has 0 aromatic heterocycles. The molecule has 1 heteroatoms. The molecule has 16 heavy (non-hydrogen) atoms. The van der Waals surface area contributed by atoms with E-state index in [4.69, 9.17) is 0 Å². The maximum Gasteiger partial charge on any atom is 0.185 e. The highest BCUT2D eigenvalue weighted by molar-refractivity contribution is 6.05. The molecule has 84 valence electrons. The Bertz CT molecular complexity index is 407. The quantitative estimate of drug-likeness (QED) is 0.536. The summed E-state index contributed by atoms with van der Waals surface area (Å²) in [4.78, 5) is 12.0. The molecule has 1 saturated carbocycles. The number of benzene rings is 1. The first-order chi connectivity index (χ1) is 7.75. The maximum atomic E-state index is 12.0. The largest absolute Gasteiger partial charge is 0.289 e. The van der Waals surface area contributed by atoms with Crippen molar-refractivity contribution in [3.05, 3.63) is 47.0 Å². The number of rotatable bonds is 2. The van der Waals surface area contributed by atoms with Gasteiger partial charge in [-0.1, -0.05) is 35.8 Å². The molecule has 0 aliphatic heterocycles. The van der Waals surface area contributed by atoms with E-state index in [1.54, 1.807) is 0 Å². The Morgan fingerprint density at radius 2 is 1.94 bits per heavy atom. The van der Waals surface area contributed by atoms with Gasteiger partial charge in [-0.15, -0.1) is 0 Å². The van der Waals surface area contributed by atoms with Crippen molar-refractivity contribution < 1.29 is 4.79 Å². The minimum absolute atomic E-state index is 0.167. The van der Waals surface area contributed by atoms with Crippen LogP contribution in [0.15, 0.2) is 35.9 Å². The van der Waals surface area contributed by atoms with E-state index in [1.807, 2.05) is 37.3 Å². The number of aryl methyl sites for hydroxylation is 1. The Hall–Kier alpha value is -1.37. The molecule has 0 atom stereocenters. The minimum Gasteiger partial charge on any atom is -0.289 e. The van der Waals surface area contributed by atoms with Crippen LogP contribution in [0.3, 0.4) is 0 Å². The SMILES string of the molecule is Cc1cccc(C(=O)C=C2CCCCC2)c1. The van der Waals surface area contributed by atoms with E-state index in [-0.39, 0.29) is 5.78 Å². The average molecular weight is 214 g/mol. The molecule has 0 amide bonds. The monoisotopic (exact) mass is 214 g/mol. The first kappa shape index (κ1) is 11.1. The third-order valence-electron chi connectivity index (χ3n) is 3.13. The maximum absolute atomic E-state index is 12.0. The summed E-state index contributed by atoms with van der Waals surface area (Å²) in [5, 5.41) is 0. The molecule has 1 fully saturated rings. The predicted molar refractivity (Wildman–Crippen MR) is 66.7 cm³/mol. The lowest BCUT2D eigenvalue weighted by Crippen LogP contribution is -2.00. The van der Waals surface area contributed by atoms with Crippen LogP contribution in [0.4, 0.5) is 0 Å². The first-order valence-electron chi connectivity index (χ1n) is 6.06. The smallest absolute Gasteiger partial charge is 0.185 e. The molecule has 1 aliphatic rings. The fraction of sp³-hybridized carbons (Fsp3) is 0.400. The summed E-state index contributed by atoms with van der Waals surface area (Å²) in [7, 11) is 0. The molecule has 1 nitrogen and oxygen atoms in total. The third-order valence-corrected chi connectivity index (χ3v) is 3.13. The highest BCUT2D eigenvalue weighted by Gasteiger charge is 2.08. The molecule has 1 aromatic rings. The molecule has 0 spiro atoms. The Morgan fingerprint density at radius 1 is 1.19 bits per heavy atom. The van der Waals surface area contributed by atoms with Crippen LogP contribution in [-0.2, 0) is 0 Å². The topological polar surface area (TPSA) is 17.1 Å². The second-order valence-corrected chi connectivity index (χ2v) is 4.60. The zero-order chi connectivity index (χ0) is 11.4. The zero-order valence-electron chi connectivity index (χ0n) is 9.83. The van der Waals surface area contributed by atoms with E-state index in [0.29, 0.717) is 0 Å². The Labute approximate surface area is 97.2 Å². The predicted octanol–water partition coefficient (Wildman–Crippen LogP) is 4.07. The van der Waals surface area contributed by atoms with E-state index in [2.05, 4.69) is 0 Å². The van der Waals surface area contributed by atoms with E-state index in [1.165, 1.54) is 24.8 Å². The van der Waals surface area contributed by atoms with Gasteiger partial charge in [-0.3, -0.25) is 4.79 Å². The first-order valence-corrected chi connectivity index (χ1v) is 6.06. The van der Waals surface area contributed by atoms with Crippen LogP contribution >= 0.6 is 0 Å². The Kier molecular flexibility index (Phi) is 3.55. The van der Waals surface area contributed by atoms with Crippen LogP contribution in [0, 0.1) is 6.92 Å². The molecule has 0 bridgehead atoms. The fourth-order valence-corrected chi connectivity index (χ4v) is 2.22. The van der Waals surface area contributed by atoms with Crippen molar-refractivity contribution in [1.82, 2.24) is 0 Å². The van der Waals surface area contributed by atoms with Gasteiger partial charge in [0.25, 0.3) is 0 Å². The van der Waals surface area contributed by atoms with Gasteiger partial charge in [0.05, 0.1) is 0 Å². The van der Waals surface area contributed by atoms with Gasteiger partial charge in [0.2, 0.25) is 0 Å². The summed E-state index contributed by atoms with van der Waals surface area (Å²) in [6.07, 6.45) is 7.87. The Balaban J connectivity index is 2.13. The van der Waals surface area contributed by atoms with E-state index < -0.39 is 0 Å². The molecule has 2 rings (SSSR count). The van der Waals surface area contributed by atoms with E-state index in [0.717, 1.165) is 24.0 Å². The summed E-state index contributed by atoms with van der Waals surface area (Å²) in [6, 6.07) is 7.82. The number of carbonyl (C=O) groups is 1. The summed E-state index contributed by atoms with van der Waals surface area (Å²) in [5.74, 6) is 0.167. The number of ketones is 1. The lowest BCUT2D eigenvalue weighted by atomic mass is 9.93. The number of hydrogen-bond acceptors (Lipinski definition) is 1. The van der Waals surface area contributed by atoms with Crippen molar-refractivity contribution >= 4 is 5.78 Å². The second-order valence-electron chi connectivity index (χ2n) is 4.60. The van der Waals surface area contributed by atoms with Crippen molar-refractivity contribution in [2.75, 3.05) is 0 Å². The molecule has 1 aromatic carbocycles. The van der Waals surface area contributed by atoms with Gasteiger partial charge in [-0.2, -0.15) is 0 Å². The van der Waals surface area contributed by atoms with Crippen LogP contribution in [0.25, 0.3) is 0 Å². The van der Waals surface area contributed by atoms with Gasteiger partial charge in [0.15, 0.2) is 5.78 Å². The van der Waals surface area contributed by atoms with Gasteiger partial charge in [-0.25, -0.2) is 0 Å². The van der Waals surface area contributed by atoms with Crippen molar-refractivity contribution in [3.8, 4) is 0 Å². The Morgan fingerprint density at radius 3 is 2.62 bits per heavy atom. The van der Waals surface area contributed by atoms with Crippen LogP contribution in [-0.4, -0.2) is 5.78 Å². The molecule has 0 unspecified atom stereocenters. The highest BCUT2D eigenvalue weighted by Crippen LogP contribution is 2.23. The zero-order valence-corrected chi connectivity index (χ0v) is 9.83. The standard InChI is InChI=1S/C15H18O/c1-12-6-5-9-14(10-12)15(16)11-13-7-3-2-4-8-13/h5-6,9-11H,2-4,7-8H2,1H3. The molecule has 1 aliphatic carbocycles. The second kappa shape index (κ2) is 5.11. The average Bonchev–Trinajstić information content (AvgIpc) is 2.30. The highest BCUT2D eigenvalue weighted by atomic mass is 16.1. The molecule has 0 heterocycles. The normalized spacial score (nSPS) is 15.9. The number of carbonyl (C=O) groups excluding carboxylic acids is 1. The van der Waals surface area contributed by atoms with Gasteiger partial charge < -0.3 is 0 Å². The van der Waals surface area contributed by atoms with Gasteiger partial charge in [0.1, 0.15) is 0 Å². The van der Waals surface area contributed by atoms with Crippen molar-refractivity contribution in [1.29, 1.82) is 0 Å². The van der Waals surface area contributed by atoms with Crippen molar-refractivity contribution in [2.24, 2.45) is 0 Å². The van der Waals surface area contributed by atoms with Crippen LogP contribution in [0.2, 0.25) is 0 Å². The summed E-state index contributed by atoms with van der Waals surface area (Å²) in [6.45, 7) is 2.02. The lowest BCUT2D eigenvalue weighted by Gasteiger charge is -2.12. The minimum atomic E-state index is 0.167. The summed E-state index contributed by atoms with van der Waals surface area (Å²) < 4.78 is 0. The lowest BCUT2D eigenvalue weighted by molar-refractivity contribution is 0.104. The van der Waals surface area contributed by atoms with E-state index in [9.17, 15) is 4.79 Å².